The second-order valence-electron chi connectivity index (χ2n) is 3.56. The Balaban J connectivity index is 1.84. The van der Waals surface area contributed by atoms with Crippen LogP contribution in [0.3, 0.4) is 0 Å². The third-order valence-electron chi connectivity index (χ3n) is 2.40. The van der Waals surface area contributed by atoms with Crippen LogP contribution in [-0.2, 0) is 6.61 Å². The fraction of sp³-hybridized carbons (Fsp3) is 0.0833. The standard InChI is InChI=1S/C12H10N4O/c1-2-4-10(5-3-1)7-17-11-6-13-9-16-12(11)14-8-15-16/h1-6,8-9H,7H2. The monoisotopic (exact) mass is 226 g/mol. The van der Waals surface area contributed by atoms with Gasteiger partial charge in [-0.1, -0.05) is 30.3 Å². The minimum atomic E-state index is 0.495. The molecule has 0 unspecified atom stereocenters. The molecule has 84 valence electrons. The summed E-state index contributed by atoms with van der Waals surface area (Å²) in [5.41, 5.74) is 1.78. The van der Waals surface area contributed by atoms with Crippen LogP contribution in [0.25, 0.3) is 5.65 Å². The molecule has 1 aromatic carbocycles. The molecule has 2 aromatic heterocycles. The number of ether oxygens (including phenoxy) is 1. The molecule has 2 heterocycles. The van der Waals surface area contributed by atoms with Crippen LogP contribution < -0.4 is 4.74 Å². The summed E-state index contributed by atoms with van der Waals surface area (Å²) in [5, 5.41) is 4.00. The number of rotatable bonds is 3. The van der Waals surface area contributed by atoms with E-state index in [2.05, 4.69) is 15.1 Å². The molecule has 5 nitrogen and oxygen atoms in total. The van der Waals surface area contributed by atoms with Gasteiger partial charge < -0.3 is 4.74 Å². The van der Waals surface area contributed by atoms with E-state index < -0.39 is 0 Å². The lowest BCUT2D eigenvalue weighted by Gasteiger charge is -2.05. The second kappa shape index (κ2) is 4.21. The Hall–Kier alpha value is -2.43. The molecule has 0 aliphatic carbocycles. The van der Waals surface area contributed by atoms with Crippen molar-refractivity contribution in [2.75, 3.05) is 0 Å². The molecule has 0 N–H and O–H groups in total. The minimum Gasteiger partial charge on any atom is -0.483 e. The normalized spacial score (nSPS) is 10.6. The average molecular weight is 226 g/mol. The fourth-order valence-electron chi connectivity index (χ4n) is 1.57. The van der Waals surface area contributed by atoms with Gasteiger partial charge in [0.05, 0.1) is 6.20 Å². The first-order valence-corrected chi connectivity index (χ1v) is 5.23. The Labute approximate surface area is 97.7 Å². The van der Waals surface area contributed by atoms with Crippen molar-refractivity contribution in [1.29, 1.82) is 0 Å². The van der Waals surface area contributed by atoms with Crippen molar-refractivity contribution in [2.45, 2.75) is 6.61 Å². The van der Waals surface area contributed by atoms with Gasteiger partial charge >= 0.3 is 0 Å². The Kier molecular flexibility index (Phi) is 2.42. The zero-order valence-corrected chi connectivity index (χ0v) is 9.02. The van der Waals surface area contributed by atoms with E-state index in [1.54, 1.807) is 17.0 Å². The Morgan fingerprint density at radius 3 is 2.94 bits per heavy atom. The molecule has 0 radical (unpaired) electrons. The van der Waals surface area contributed by atoms with Crippen molar-refractivity contribution in [3.63, 3.8) is 0 Å². The highest BCUT2D eigenvalue weighted by molar-refractivity contribution is 5.50. The molecule has 3 rings (SSSR count). The fourth-order valence-corrected chi connectivity index (χ4v) is 1.57. The van der Waals surface area contributed by atoms with Crippen molar-refractivity contribution in [1.82, 2.24) is 19.6 Å². The topological polar surface area (TPSA) is 52.3 Å². The zero-order chi connectivity index (χ0) is 11.5. The number of fused-ring (bicyclic) bond motifs is 1. The van der Waals surface area contributed by atoms with E-state index in [1.807, 2.05) is 30.3 Å². The Bertz CT molecular complexity index is 620. The lowest BCUT2D eigenvalue weighted by atomic mass is 10.2. The first kappa shape index (κ1) is 9.77. The third-order valence-corrected chi connectivity index (χ3v) is 2.40. The van der Waals surface area contributed by atoms with Gasteiger partial charge in [-0.15, -0.1) is 0 Å². The van der Waals surface area contributed by atoms with E-state index in [-0.39, 0.29) is 0 Å². The quantitative estimate of drug-likeness (QED) is 0.682. The van der Waals surface area contributed by atoms with Crippen molar-refractivity contribution in [2.24, 2.45) is 0 Å². The summed E-state index contributed by atoms with van der Waals surface area (Å²) in [6, 6.07) is 9.96. The van der Waals surface area contributed by atoms with E-state index in [0.29, 0.717) is 18.0 Å². The van der Waals surface area contributed by atoms with Gasteiger partial charge in [0.2, 0.25) is 5.65 Å². The molecule has 0 bridgehead atoms. The van der Waals surface area contributed by atoms with Crippen LogP contribution in [0.15, 0.2) is 49.2 Å². The van der Waals surface area contributed by atoms with Crippen molar-refractivity contribution in [3.05, 3.63) is 54.7 Å². The minimum absolute atomic E-state index is 0.495. The van der Waals surface area contributed by atoms with Crippen molar-refractivity contribution in [3.8, 4) is 5.75 Å². The molecule has 5 heteroatoms. The second-order valence-corrected chi connectivity index (χ2v) is 3.56. The first-order valence-electron chi connectivity index (χ1n) is 5.23. The van der Waals surface area contributed by atoms with E-state index in [4.69, 9.17) is 4.74 Å². The molecule has 0 aliphatic rings. The van der Waals surface area contributed by atoms with Gasteiger partial charge in [0.15, 0.2) is 5.75 Å². The Morgan fingerprint density at radius 2 is 2.06 bits per heavy atom. The molecule has 0 aliphatic heterocycles. The molecule has 0 amide bonds. The average Bonchev–Trinajstić information content (AvgIpc) is 2.86. The number of aromatic nitrogens is 4. The van der Waals surface area contributed by atoms with E-state index in [9.17, 15) is 0 Å². The van der Waals surface area contributed by atoms with Gasteiger partial charge in [0.1, 0.15) is 19.3 Å². The van der Waals surface area contributed by atoms with Crippen molar-refractivity contribution >= 4 is 5.65 Å². The highest BCUT2D eigenvalue weighted by atomic mass is 16.5. The van der Waals surface area contributed by atoms with Crippen LogP contribution in [0.5, 0.6) is 5.75 Å². The summed E-state index contributed by atoms with van der Waals surface area (Å²) < 4.78 is 7.26. The maximum absolute atomic E-state index is 5.68. The molecule has 0 atom stereocenters. The predicted octanol–water partition coefficient (Wildman–Crippen LogP) is 1.70. The number of hydrogen-bond donors (Lipinski definition) is 0. The maximum atomic E-state index is 5.68. The smallest absolute Gasteiger partial charge is 0.200 e. The lowest BCUT2D eigenvalue weighted by molar-refractivity contribution is 0.306. The summed E-state index contributed by atoms with van der Waals surface area (Å²) in [4.78, 5) is 8.15. The summed E-state index contributed by atoms with van der Waals surface area (Å²) in [7, 11) is 0. The highest BCUT2D eigenvalue weighted by Crippen LogP contribution is 2.16. The lowest BCUT2D eigenvalue weighted by Crippen LogP contribution is -1.99. The molecular weight excluding hydrogens is 216 g/mol. The van der Waals surface area contributed by atoms with E-state index >= 15 is 0 Å². The van der Waals surface area contributed by atoms with Gasteiger partial charge in [-0.2, -0.15) is 9.61 Å². The van der Waals surface area contributed by atoms with Gasteiger partial charge in [0.25, 0.3) is 0 Å². The summed E-state index contributed by atoms with van der Waals surface area (Å²) in [5.74, 6) is 0.633. The number of benzene rings is 1. The largest absolute Gasteiger partial charge is 0.483 e. The van der Waals surface area contributed by atoms with Crippen LogP contribution in [0.1, 0.15) is 5.56 Å². The van der Waals surface area contributed by atoms with Gasteiger partial charge in [-0.05, 0) is 5.56 Å². The van der Waals surface area contributed by atoms with Crippen LogP contribution in [0.4, 0.5) is 0 Å². The Morgan fingerprint density at radius 1 is 1.18 bits per heavy atom. The summed E-state index contributed by atoms with van der Waals surface area (Å²) in [6.07, 6.45) is 4.72. The van der Waals surface area contributed by atoms with E-state index in [0.717, 1.165) is 5.56 Å². The molecule has 0 saturated heterocycles. The SMILES string of the molecule is c1ccc(COc2cncn3ncnc23)cc1. The number of nitrogens with zero attached hydrogens (tertiary/aromatic N) is 4. The van der Waals surface area contributed by atoms with Gasteiger partial charge in [0, 0.05) is 0 Å². The molecular formula is C12H10N4O. The van der Waals surface area contributed by atoms with E-state index in [1.165, 1.54) is 6.33 Å². The van der Waals surface area contributed by atoms with Crippen LogP contribution in [0, 0.1) is 0 Å². The third kappa shape index (κ3) is 1.94. The number of hydrogen-bond acceptors (Lipinski definition) is 4. The highest BCUT2D eigenvalue weighted by Gasteiger charge is 2.04. The van der Waals surface area contributed by atoms with Gasteiger partial charge in [-0.25, -0.2) is 9.97 Å². The molecule has 0 saturated carbocycles. The van der Waals surface area contributed by atoms with Crippen molar-refractivity contribution < 1.29 is 4.74 Å². The van der Waals surface area contributed by atoms with Crippen LogP contribution in [0.2, 0.25) is 0 Å². The first-order chi connectivity index (χ1) is 8.43. The summed E-state index contributed by atoms with van der Waals surface area (Å²) >= 11 is 0. The van der Waals surface area contributed by atoms with Crippen LogP contribution >= 0.6 is 0 Å². The predicted molar refractivity (Wildman–Crippen MR) is 61.6 cm³/mol. The maximum Gasteiger partial charge on any atom is 0.200 e. The van der Waals surface area contributed by atoms with Crippen LogP contribution in [-0.4, -0.2) is 19.6 Å². The molecule has 3 aromatic rings. The molecule has 17 heavy (non-hydrogen) atoms. The van der Waals surface area contributed by atoms with Gasteiger partial charge in [-0.3, -0.25) is 0 Å². The zero-order valence-electron chi connectivity index (χ0n) is 9.02. The molecule has 0 spiro atoms. The summed E-state index contributed by atoms with van der Waals surface area (Å²) in [6.45, 7) is 0.495. The molecule has 0 fully saturated rings.